The molecule has 1 heterocycles. The highest BCUT2D eigenvalue weighted by molar-refractivity contribution is 5.77. The quantitative estimate of drug-likeness (QED) is 0.745. The number of aliphatic hydroxyl groups excluding tert-OH is 1. The summed E-state index contributed by atoms with van der Waals surface area (Å²) in [5, 5.41) is 23.6. The van der Waals surface area contributed by atoms with Crippen LogP contribution >= 0.6 is 0 Å². The molecule has 2 unspecified atom stereocenters. The molecule has 0 fully saturated rings. The first kappa shape index (κ1) is 12.1. The zero-order valence-electron chi connectivity index (χ0n) is 9.97. The summed E-state index contributed by atoms with van der Waals surface area (Å²) < 4.78 is 5.31. The van der Waals surface area contributed by atoms with Gasteiger partial charge in [-0.25, -0.2) is 0 Å². The highest BCUT2D eigenvalue weighted by Crippen LogP contribution is 2.28. The predicted octanol–water partition coefficient (Wildman–Crippen LogP) is 1.22. The van der Waals surface area contributed by atoms with E-state index in [9.17, 15) is 10.2 Å². The van der Waals surface area contributed by atoms with E-state index >= 15 is 0 Å². The maximum Gasteiger partial charge on any atom is 0.134 e. The third-order valence-electron chi connectivity index (χ3n) is 3.25. The third-order valence-corrected chi connectivity index (χ3v) is 3.25. The Bertz CT molecular complexity index is 500. The number of rotatable bonds is 4. The first-order valence-corrected chi connectivity index (χ1v) is 5.58. The first-order valence-electron chi connectivity index (χ1n) is 5.58. The lowest BCUT2D eigenvalue weighted by atomic mass is 9.88. The van der Waals surface area contributed by atoms with Crippen LogP contribution in [0.3, 0.4) is 0 Å². The molecule has 3 N–H and O–H groups in total. The third kappa shape index (κ3) is 2.07. The molecule has 17 heavy (non-hydrogen) atoms. The number of hydrogen-bond acceptors (Lipinski definition) is 4. The van der Waals surface area contributed by atoms with Gasteiger partial charge in [0.05, 0.1) is 18.9 Å². The van der Waals surface area contributed by atoms with E-state index in [2.05, 4.69) is 5.32 Å². The van der Waals surface area contributed by atoms with E-state index in [1.54, 1.807) is 26.3 Å². The van der Waals surface area contributed by atoms with Crippen LogP contribution in [0, 0.1) is 0 Å². The van der Waals surface area contributed by atoms with Crippen LogP contribution in [0.15, 0.2) is 34.9 Å². The van der Waals surface area contributed by atoms with Crippen LogP contribution in [-0.4, -0.2) is 29.9 Å². The molecular formula is C13H17NO3. The number of likely N-dealkylation sites (N-methyl/N-ethyl adjacent to an activating group) is 1. The first-order chi connectivity index (χ1) is 8.09. The molecule has 0 radical (unpaired) electrons. The van der Waals surface area contributed by atoms with Crippen molar-refractivity contribution in [1.82, 2.24) is 5.32 Å². The van der Waals surface area contributed by atoms with Crippen LogP contribution < -0.4 is 5.32 Å². The van der Waals surface area contributed by atoms with Gasteiger partial charge < -0.3 is 19.9 Å². The summed E-state index contributed by atoms with van der Waals surface area (Å²) in [6.45, 7) is 1.54. The van der Waals surface area contributed by atoms with Gasteiger partial charge in [0.25, 0.3) is 0 Å². The smallest absolute Gasteiger partial charge is 0.134 e. The van der Waals surface area contributed by atoms with Gasteiger partial charge in [-0.15, -0.1) is 0 Å². The largest absolute Gasteiger partial charge is 0.464 e. The van der Waals surface area contributed by atoms with Gasteiger partial charge in [0.1, 0.15) is 11.2 Å². The summed E-state index contributed by atoms with van der Waals surface area (Å²) in [7, 11) is 1.71. The second-order valence-electron chi connectivity index (χ2n) is 4.34. The zero-order valence-corrected chi connectivity index (χ0v) is 9.97. The van der Waals surface area contributed by atoms with Crippen molar-refractivity contribution < 1.29 is 14.6 Å². The van der Waals surface area contributed by atoms with Crippen molar-refractivity contribution in [3.05, 3.63) is 36.1 Å². The van der Waals surface area contributed by atoms with Crippen LogP contribution in [0.5, 0.6) is 0 Å². The van der Waals surface area contributed by atoms with Gasteiger partial charge in [0.15, 0.2) is 0 Å². The number of fused-ring (bicyclic) bond motifs is 1. The number of aliphatic hydroxyl groups is 2. The van der Waals surface area contributed by atoms with E-state index < -0.39 is 11.6 Å². The van der Waals surface area contributed by atoms with Gasteiger partial charge >= 0.3 is 0 Å². The zero-order chi connectivity index (χ0) is 12.5. The van der Waals surface area contributed by atoms with Crippen LogP contribution in [0.4, 0.5) is 0 Å². The fraction of sp³-hybridized carbons (Fsp3) is 0.385. The lowest BCUT2D eigenvalue weighted by Gasteiger charge is -2.31. The lowest BCUT2D eigenvalue weighted by molar-refractivity contribution is -0.00294. The van der Waals surface area contributed by atoms with Gasteiger partial charge in [-0.3, -0.25) is 0 Å². The summed E-state index contributed by atoms with van der Waals surface area (Å²) in [6.07, 6.45) is 1.62. The Morgan fingerprint density at radius 2 is 2.18 bits per heavy atom. The molecule has 92 valence electrons. The summed E-state index contributed by atoms with van der Waals surface area (Å²) in [5.41, 5.74) is 0.300. The SMILES string of the molecule is CNC(CO)C(C)(O)c1ccc2ccoc2c1. The molecule has 0 aliphatic rings. The molecule has 1 aromatic heterocycles. The topological polar surface area (TPSA) is 65.6 Å². The number of nitrogens with one attached hydrogen (secondary N) is 1. The molecule has 0 saturated carbocycles. The molecule has 2 rings (SSSR count). The average Bonchev–Trinajstić information content (AvgIpc) is 2.77. The van der Waals surface area contributed by atoms with E-state index in [1.807, 2.05) is 18.2 Å². The molecule has 1 aromatic carbocycles. The Hall–Kier alpha value is -1.36. The van der Waals surface area contributed by atoms with E-state index in [4.69, 9.17) is 4.42 Å². The van der Waals surface area contributed by atoms with Crippen molar-refractivity contribution in [2.45, 2.75) is 18.6 Å². The molecule has 0 spiro atoms. The van der Waals surface area contributed by atoms with Crippen molar-refractivity contribution in [2.75, 3.05) is 13.7 Å². The fourth-order valence-corrected chi connectivity index (χ4v) is 2.02. The summed E-state index contributed by atoms with van der Waals surface area (Å²) in [4.78, 5) is 0. The predicted molar refractivity (Wildman–Crippen MR) is 65.7 cm³/mol. The Balaban J connectivity index is 2.43. The molecule has 2 aromatic rings. The summed E-state index contributed by atoms with van der Waals surface area (Å²) in [6, 6.07) is 6.99. The molecule has 4 heteroatoms. The van der Waals surface area contributed by atoms with Crippen LogP contribution in [0.2, 0.25) is 0 Å². The average molecular weight is 235 g/mol. The second-order valence-corrected chi connectivity index (χ2v) is 4.34. The second kappa shape index (κ2) is 4.49. The molecule has 2 atom stereocenters. The summed E-state index contributed by atoms with van der Waals surface area (Å²) in [5.74, 6) is 0. The van der Waals surface area contributed by atoms with Gasteiger partial charge in [0, 0.05) is 5.39 Å². The van der Waals surface area contributed by atoms with Crippen molar-refractivity contribution in [1.29, 1.82) is 0 Å². The molecule has 4 nitrogen and oxygen atoms in total. The Morgan fingerprint density at radius 1 is 1.41 bits per heavy atom. The lowest BCUT2D eigenvalue weighted by Crippen LogP contribution is -2.47. The molecule has 0 aliphatic heterocycles. The molecule has 0 aliphatic carbocycles. The van der Waals surface area contributed by atoms with Crippen LogP contribution in [0.1, 0.15) is 12.5 Å². The van der Waals surface area contributed by atoms with E-state index in [-0.39, 0.29) is 6.61 Å². The number of hydrogen-bond donors (Lipinski definition) is 3. The van der Waals surface area contributed by atoms with Crippen molar-refractivity contribution in [2.24, 2.45) is 0 Å². The van der Waals surface area contributed by atoms with Gasteiger partial charge in [0.2, 0.25) is 0 Å². The highest BCUT2D eigenvalue weighted by Gasteiger charge is 2.32. The minimum atomic E-state index is -1.15. The van der Waals surface area contributed by atoms with E-state index in [1.165, 1.54) is 0 Å². The molecule has 0 saturated heterocycles. The highest BCUT2D eigenvalue weighted by atomic mass is 16.3. The van der Waals surface area contributed by atoms with Crippen LogP contribution in [0.25, 0.3) is 11.0 Å². The summed E-state index contributed by atoms with van der Waals surface area (Å²) >= 11 is 0. The fourth-order valence-electron chi connectivity index (χ4n) is 2.02. The van der Waals surface area contributed by atoms with Crippen LogP contribution in [-0.2, 0) is 5.60 Å². The van der Waals surface area contributed by atoms with Gasteiger partial charge in [-0.1, -0.05) is 12.1 Å². The van der Waals surface area contributed by atoms with Gasteiger partial charge in [-0.05, 0) is 31.7 Å². The van der Waals surface area contributed by atoms with E-state index in [0.717, 1.165) is 11.0 Å². The maximum atomic E-state index is 10.5. The maximum absolute atomic E-state index is 10.5. The molecule has 0 bridgehead atoms. The monoisotopic (exact) mass is 235 g/mol. The van der Waals surface area contributed by atoms with Crippen molar-refractivity contribution in [3.8, 4) is 0 Å². The molecular weight excluding hydrogens is 218 g/mol. The van der Waals surface area contributed by atoms with E-state index in [0.29, 0.717) is 5.56 Å². The molecule has 0 amide bonds. The normalized spacial score (nSPS) is 16.9. The Kier molecular flexibility index (Phi) is 3.19. The van der Waals surface area contributed by atoms with Crippen molar-refractivity contribution in [3.63, 3.8) is 0 Å². The Morgan fingerprint density at radius 3 is 2.82 bits per heavy atom. The number of furan rings is 1. The minimum absolute atomic E-state index is 0.139. The van der Waals surface area contributed by atoms with Crippen molar-refractivity contribution >= 4 is 11.0 Å². The van der Waals surface area contributed by atoms with Gasteiger partial charge in [-0.2, -0.15) is 0 Å². The minimum Gasteiger partial charge on any atom is -0.464 e. The number of benzene rings is 1. The Labute approximate surface area is 99.9 Å². The standard InChI is InChI=1S/C13H17NO3/c1-13(16,12(8-15)14-2)10-4-3-9-5-6-17-11(9)7-10/h3-7,12,14-16H,8H2,1-2H3.